The molecule has 1 rings (SSSR count). The van der Waals surface area contributed by atoms with Crippen LogP contribution in [0, 0.1) is 5.82 Å². The van der Waals surface area contributed by atoms with Gasteiger partial charge in [-0.05, 0) is 37.6 Å². The van der Waals surface area contributed by atoms with Crippen molar-refractivity contribution in [3.05, 3.63) is 41.8 Å². The fourth-order valence-electron chi connectivity index (χ4n) is 1.09. The van der Waals surface area contributed by atoms with Crippen molar-refractivity contribution >= 4 is 12.1 Å². The number of benzene rings is 1. The Kier molecular flexibility index (Phi) is 4.51. The molecular formula is C12H15FN2O. The van der Waals surface area contributed by atoms with Crippen LogP contribution in [0.2, 0.25) is 0 Å². The average molecular weight is 222 g/mol. The van der Waals surface area contributed by atoms with Crippen LogP contribution in [-0.4, -0.2) is 12.1 Å². The van der Waals surface area contributed by atoms with Gasteiger partial charge in [-0.1, -0.05) is 12.1 Å². The van der Waals surface area contributed by atoms with E-state index in [0.717, 1.165) is 5.56 Å². The highest BCUT2D eigenvalue weighted by molar-refractivity contribution is 5.76. The highest BCUT2D eigenvalue weighted by Crippen LogP contribution is 2.03. The molecule has 0 atom stereocenters. The molecule has 2 amide bonds. The number of hydrogen-bond donors (Lipinski definition) is 2. The Morgan fingerprint density at radius 3 is 2.50 bits per heavy atom. The fourth-order valence-corrected chi connectivity index (χ4v) is 1.09. The predicted molar refractivity (Wildman–Crippen MR) is 62.2 cm³/mol. The minimum absolute atomic E-state index is 0.0965. The number of carbonyl (C=O) groups excluding carboxylic acids is 1. The molecule has 0 aliphatic rings. The van der Waals surface area contributed by atoms with E-state index in [4.69, 9.17) is 0 Å². The summed E-state index contributed by atoms with van der Waals surface area (Å²) in [5.41, 5.74) is 0.825. The lowest BCUT2D eigenvalue weighted by Gasteiger charge is -2.06. The molecule has 0 radical (unpaired) electrons. The van der Waals surface area contributed by atoms with E-state index in [1.54, 1.807) is 18.2 Å². The molecule has 0 bridgehead atoms. The molecule has 0 aliphatic heterocycles. The Balaban J connectivity index is 2.43. The first-order chi connectivity index (χ1) is 7.58. The van der Waals surface area contributed by atoms with Gasteiger partial charge in [0.2, 0.25) is 0 Å². The summed E-state index contributed by atoms with van der Waals surface area (Å²) >= 11 is 0. The number of rotatable bonds is 3. The summed E-state index contributed by atoms with van der Waals surface area (Å²) in [5, 5.41) is 5.23. The monoisotopic (exact) mass is 222 g/mol. The zero-order valence-corrected chi connectivity index (χ0v) is 9.33. The van der Waals surface area contributed by atoms with Gasteiger partial charge in [0.05, 0.1) is 0 Å². The molecule has 4 heteroatoms. The Morgan fingerprint density at radius 1 is 1.31 bits per heavy atom. The van der Waals surface area contributed by atoms with Gasteiger partial charge in [-0.15, -0.1) is 0 Å². The first-order valence-electron chi connectivity index (χ1n) is 5.07. The van der Waals surface area contributed by atoms with Crippen LogP contribution in [0.4, 0.5) is 9.18 Å². The van der Waals surface area contributed by atoms with E-state index in [0.29, 0.717) is 0 Å². The van der Waals surface area contributed by atoms with Gasteiger partial charge in [-0.25, -0.2) is 9.18 Å². The molecular weight excluding hydrogens is 207 g/mol. The van der Waals surface area contributed by atoms with Gasteiger partial charge in [0.25, 0.3) is 0 Å². The summed E-state index contributed by atoms with van der Waals surface area (Å²) in [7, 11) is 0. The summed E-state index contributed by atoms with van der Waals surface area (Å²) in [5.74, 6) is -0.275. The van der Waals surface area contributed by atoms with E-state index >= 15 is 0 Å². The minimum Gasteiger partial charge on any atom is -0.336 e. The summed E-state index contributed by atoms with van der Waals surface area (Å²) in [6.07, 6.45) is 3.21. The third-order valence-electron chi connectivity index (χ3n) is 1.78. The molecule has 16 heavy (non-hydrogen) atoms. The summed E-state index contributed by atoms with van der Waals surface area (Å²) in [6.45, 7) is 3.76. The van der Waals surface area contributed by atoms with E-state index < -0.39 is 0 Å². The number of urea groups is 1. The van der Waals surface area contributed by atoms with Crippen LogP contribution in [-0.2, 0) is 0 Å². The largest absolute Gasteiger partial charge is 0.336 e. The number of hydrogen-bond acceptors (Lipinski definition) is 1. The SMILES string of the molecule is CC(C)NC(=O)N/C=C/c1ccc(F)cc1. The zero-order valence-electron chi connectivity index (χ0n) is 9.33. The van der Waals surface area contributed by atoms with Crippen LogP contribution in [0.25, 0.3) is 6.08 Å². The third-order valence-corrected chi connectivity index (χ3v) is 1.78. The van der Waals surface area contributed by atoms with Crippen LogP contribution in [0.3, 0.4) is 0 Å². The van der Waals surface area contributed by atoms with Crippen molar-refractivity contribution in [2.24, 2.45) is 0 Å². The molecule has 2 N–H and O–H groups in total. The van der Waals surface area contributed by atoms with Gasteiger partial charge in [0.1, 0.15) is 5.82 Å². The van der Waals surface area contributed by atoms with E-state index in [-0.39, 0.29) is 17.9 Å². The number of amides is 2. The molecule has 0 spiro atoms. The Bertz CT molecular complexity index is 371. The van der Waals surface area contributed by atoms with Gasteiger partial charge in [-0.2, -0.15) is 0 Å². The molecule has 0 saturated heterocycles. The van der Waals surface area contributed by atoms with Crippen molar-refractivity contribution in [2.75, 3.05) is 0 Å². The fraction of sp³-hybridized carbons (Fsp3) is 0.250. The molecule has 0 aliphatic carbocycles. The van der Waals surface area contributed by atoms with Crippen molar-refractivity contribution in [1.29, 1.82) is 0 Å². The normalized spacial score (nSPS) is 10.8. The predicted octanol–water partition coefficient (Wildman–Crippen LogP) is 2.50. The van der Waals surface area contributed by atoms with Crippen molar-refractivity contribution < 1.29 is 9.18 Å². The maximum absolute atomic E-state index is 12.6. The van der Waals surface area contributed by atoms with Gasteiger partial charge >= 0.3 is 6.03 Å². The Hall–Kier alpha value is -1.84. The second-order valence-electron chi connectivity index (χ2n) is 3.66. The highest BCUT2D eigenvalue weighted by Gasteiger charge is 1.98. The smallest absolute Gasteiger partial charge is 0.318 e. The molecule has 0 aromatic heterocycles. The topological polar surface area (TPSA) is 41.1 Å². The maximum Gasteiger partial charge on any atom is 0.318 e. The molecule has 0 fully saturated rings. The molecule has 3 nitrogen and oxygen atoms in total. The molecule has 1 aromatic rings. The second kappa shape index (κ2) is 5.90. The molecule has 1 aromatic carbocycles. The van der Waals surface area contributed by atoms with Crippen LogP contribution in [0.15, 0.2) is 30.5 Å². The maximum atomic E-state index is 12.6. The van der Waals surface area contributed by atoms with Gasteiger partial charge in [0, 0.05) is 12.2 Å². The lowest BCUT2D eigenvalue weighted by atomic mass is 10.2. The molecule has 0 heterocycles. The van der Waals surface area contributed by atoms with Gasteiger partial charge in [-0.3, -0.25) is 0 Å². The van der Waals surface area contributed by atoms with E-state index in [1.165, 1.54) is 18.3 Å². The summed E-state index contributed by atoms with van der Waals surface area (Å²) in [6, 6.07) is 5.84. The quantitative estimate of drug-likeness (QED) is 0.810. The highest BCUT2D eigenvalue weighted by atomic mass is 19.1. The first-order valence-corrected chi connectivity index (χ1v) is 5.07. The van der Waals surface area contributed by atoms with Crippen molar-refractivity contribution in [2.45, 2.75) is 19.9 Å². The number of nitrogens with one attached hydrogen (secondary N) is 2. The van der Waals surface area contributed by atoms with E-state index in [1.807, 2.05) is 13.8 Å². The molecule has 0 saturated carbocycles. The van der Waals surface area contributed by atoms with E-state index in [2.05, 4.69) is 10.6 Å². The zero-order chi connectivity index (χ0) is 12.0. The first kappa shape index (κ1) is 12.2. The van der Waals surface area contributed by atoms with Crippen LogP contribution >= 0.6 is 0 Å². The van der Waals surface area contributed by atoms with Crippen LogP contribution < -0.4 is 10.6 Å². The second-order valence-corrected chi connectivity index (χ2v) is 3.66. The molecule has 86 valence electrons. The van der Waals surface area contributed by atoms with Crippen molar-refractivity contribution in [3.8, 4) is 0 Å². The summed E-state index contributed by atoms with van der Waals surface area (Å²) < 4.78 is 12.6. The summed E-state index contributed by atoms with van der Waals surface area (Å²) in [4.78, 5) is 11.2. The van der Waals surface area contributed by atoms with E-state index in [9.17, 15) is 9.18 Å². The van der Waals surface area contributed by atoms with Gasteiger partial charge in [0.15, 0.2) is 0 Å². The minimum atomic E-state index is -0.275. The molecule has 0 unspecified atom stereocenters. The lowest BCUT2D eigenvalue weighted by molar-refractivity contribution is 0.242. The Morgan fingerprint density at radius 2 is 1.94 bits per heavy atom. The lowest BCUT2D eigenvalue weighted by Crippen LogP contribution is -2.36. The number of halogens is 1. The number of carbonyl (C=O) groups is 1. The van der Waals surface area contributed by atoms with Crippen molar-refractivity contribution in [3.63, 3.8) is 0 Å². The average Bonchev–Trinajstić information content (AvgIpc) is 2.20. The van der Waals surface area contributed by atoms with Crippen molar-refractivity contribution in [1.82, 2.24) is 10.6 Å². The Labute approximate surface area is 94.4 Å². The third kappa shape index (κ3) is 4.59. The van der Waals surface area contributed by atoms with Crippen LogP contribution in [0.1, 0.15) is 19.4 Å². The van der Waals surface area contributed by atoms with Gasteiger partial charge < -0.3 is 10.6 Å². The standard InChI is InChI=1S/C12H15FN2O/c1-9(2)15-12(16)14-8-7-10-3-5-11(13)6-4-10/h3-9H,1-2H3,(H2,14,15,16)/b8-7+. The van der Waals surface area contributed by atoms with Crippen LogP contribution in [0.5, 0.6) is 0 Å².